The van der Waals surface area contributed by atoms with Gasteiger partial charge in [-0.05, 0) is 23.3 Å². The van der Waals surface area contributed by atoms with Gasteiger partial charge >= 0.3 is 47.9 Å². The van der Waals surface area contributed by atoms with Gasteiger partial charge in [0.05, 0.1) is 16.8 Å². The molecule has 0 atom stereocenters. The van der Waals surface area contributed by atoms with Gasteiger partial charge in [-0.15, -0.1) is 0 Å². The Morgan fingerprint density at radius 2 is 0.980 bits per heavy atom. The van der Waals surface area contributed by atoms with Crippen molar-refractivity contribution < 1.29 is 83.8 Å². The predicted octanol–water partition coefficient (Wildman–Crippen LogP) is 10.9. The molecule has 3 aromatic carbocycles. The highest BCUT2D eigenvalue weighted by Crippen LogP contribution is 2.63. The maximum atomic E-state index is 15.4. The summed E-state index contributed by atoms with van der Waals surface area (Å²) in [5.74, 6) is -52.9. The summed E-state index contributed by atoms with van der Waals surface area (Å²) in [6, 6.07) is 12.5. The third-order valence-electron chi connectivity index (χ3n) is 7.51. The molecule has 0 radical (unpaired) electrons. The Morgan fingerprint density at radius 1 is 0.520 bits per heavy atom. The first-order chi connectivity index (χ1) is 22.6. The zero-order valence-corrected chi connectivity index (χ0v) is 23.9. The first-order valence-corrected chi connectivity index (χ1v) is 13.3. The molecule has 20 heteroatoms. The van der Waals surface area contributed by atoms with Crippen LogP contribution in [0.25, 0.3) is 22.2 Å². The van der Waals surface area contributed by atoms with Crippen LogP contribution in [0.3, 0.4) is 0 Å². The van der Waals surface area contributed by atoms with Crippen LogP contribution in [-0.4, -0.2) is 52.1 Å². The average molecular weight is 747 g/mol. The van der Waals surface area contributed by atoms with Crippen LogP contribution in [0.2, 0.25) is 0 Å². The Balaban J connectivity index is 2.00. The largest absolute Gasteiger partial charge is 0.460 e. The van der Waals surface area contributed by atoms with E-state index in [4.69, 9.17) is 0 Å². The third-order valence-corrected chi connectivity index (χ3v) is 7.51. The minimum absolute atomic E-state index is 0.468. The van der Waals surface area contributed by atoms with Gasteiger partial charge in [0.2, 0.25) is 5.78 Å². The second-order valence-corrected chi connectivity index (χ2v) is 10.6. The number of nitrogens with zero attached hydrogens (tertiary/aromatic N) is 1. The summed E-state index contributed by atoms with van der Waals surface area (Å²) in [7, 11) is 0. The molecule has 1 aromatic heterocycles. The summed E-state index contributed by atoms with van der Waals surface area (Å²) >= 11 is 0. The lowest BCUT2D eigenvalue weighted by Crippen LogP contribution is -2.73. The average Bonchev–Trinajstić information content (AvgIpc) is 3.33. The minimum Gasteiger partial charge on any atom is -0.335 e. The van der Waals surface area contributed by atoms with Crippen LogP contribution in [0, 0.1) is 0 Å². The normalized spacial score (nSPS) is 14.4. The molecule has 0 fully saturated rings. The molecule has 2 nitrogen and oxygen atoms in total. The molecule has 0 saturated heterocycles. The molecule has 0 aliphatic rings. The van der Waals surface area contributed by atoms with E-state index in [0.717, 1.165) is 60.7 Å². The molecule has 0 bridgehead atoms. The second kappa shape index (κ2) is 11.9. The van der Waals surface area contributed by atoms with Crippen molar-refractivity contribution in [3.05, 3.63) is 95.6 Å². The molecular weight excluding hydrogens is 732 g/mol. The van der Waals surface area contributed by atoms with Crippen molar-refractivity contribution in [2.75, 3.05) is 0 Å². The van der Waals surface area contributed by atoms with Crippen LogP contribution in [0.1, 0.15) is 21.5 Å². The molecule has 50 heavy (non-hydrogen) atoms. The van der Waals surface area contributed by atoms with Crippen LogP contribution < -0.4 is 0 Å². The van der Waals surface area contributed by atoms with Gasteiger partial charge in [0.1, 0.15) is 0 Å². The number of alkyl halides is 18. The van der Waals surface area contributed by atoms with Crippen LogP contribution in [0.15, 0.2) is 78.9 Å². The number of hydrogen-bond donors (Lipinski definition) is 0. The number of hydrogen-bond acceptors (Lipinski definition) is 1. The molecule has 0 saturated carbocycles. The van der Waals surface area contributed by atoms with Gasteiger partial charge < -0.3 is 4.57 Å². The lowest BCUT2D eigenvalue weighted by atomic mass is 9.87. The van der Waals surface area contributed by atoms with Crippen molar-refractivity contribution in [2.45, 2.75) is 54.4 Å². The first kappa shape index (κ1) is 38.4. The number of aromatic nitrogens is 1. The highest BCUT2D eigenvalue weighted by molar-refractivity contribution is 6.16. The Kier molecular flexibility index (Phi) is 9.10. The van der Waals surface area contributed by atoms with Gasteiger partial charge in [-0.3, -0.25) is 4.79 Å². The molecule has 0 aliphatic heterocycles. The topological polar surface area (TPSA) is 22.0 Å². The van der Waals surface area contributed by atoms with Crippen molar-refractivity contribution in [3.63, 3.8) is 0 Å². The molecular formula is C30H15F18NO. The smallest absolute Gasteiger partial charge is 0.335 e. The van der Waals surface area contributed by atoms with Crippen molar-refractivity contribution in [3.8, 4) is 11.3 Å². The van der Waals surface area contributed by atoms with Gasteiger partial charge in [-0.25, -0.2) is 0 Å². The highest BCUT2D eigenvalue weighted by atomic mass is 19.4. The van der Waals surface area contributed by atoms with E-state index in [1.54, 1.807) is 0 Å². The number of para-hydroxylation sites is 1. The van der Waals surface area contributed by atoms with E-state index in [1.165, 1.54) is 6.07 Å². The Bertz CT molecular complexity index is 1890. The van der Waals surface area contributed by atoms with Gasteiger partial charge in [-0.1, -0.05) is 66.7 Å². The van der Waals surface area contributed by atoms with E-state index in [1.807, 2.05) is 0 Å². The van der Waals surface area contributed by atoms with Crippen molar-refractivity contribution >= 4 is 16.7 Å². The summed E-state index contributed by atoms with van der Waals surface area (Å²) in [6.45, 7) is -1.03. The number of halogens is 18. The summed E-state index contributed by atoms with van der Waals surface area (Å²) in [6.07, 6.45) is -12.9. The Morgan fingerprint density at radius 3 is 1.52 bits per heavy atom. The number of benzene rings is 3. The van der Waals surface area contributed by atoms with E-state index in [9.17, 15) is 75.0 Å². The summed E-state index contributed by atoms with van der Waals surface area (Å²) in [5.41, 5.74) is -5.77. The highest BCUT2D eigenvalue weighted by Gasteiger charge is 2.94. The fourth-order valence-electron chi connectivity index (χ4n) is 4.97. The summed E-state index contributed by atoms with van der Waals surface area (Å²) in [4.78, 5) is 13.3. The van der Waals surface area contributed by atoms with Crippen molar-refractivity contribution in [1.29, 1.82) is 0 Å². The number of ketones is 1. The Labute approximate surface area is 266 Å². The zero-order chi connectivity index (χ0) is 38.1. The maximum absolute atomic E-state index is 15.4. The number of rotatable bonds is 10. The van der Waals surface area contributed by atoms with E-state index in [-0.39, 0.29) is 0 Å². The maximum Gasteiger partial charge on any atom is 0.460 e. The van der Waals surface area contributed by atoms with Crippen LogP contribution >= 0.6 is 0 Å². The van der Waals surface area contributed by atoms with Crippen LogP contribution in [0.4, 0.5) is 79.0 Å². The lowest BCUT2D eigenvalue weighted by molar-refractivity contribution is -0.449. The molecule has 0 aliphatic carbocycles. The number of carbonyl (C=O) groups excluding carboxylic acids is 1. The SMILES string of the molecule is O=C(c1c(-c2ccccc2)n(Cc2ccccc2C(F)(F)F)c2ccccc12)C(F)(F)C(F)(F)C(F)(F)C(F)(F)C(F)(F)C(F)(F)C(F)(F)F. The third kappa shape index (κ3) is 5.53. The quantitative estimate of drug-likeness (QED) is 0.117. The number of fused-ring (bicyclic) bond motifs is 1. The minimum atomic E-state index is -8.62. The zero-order valence-electron chi connectivity index (χ0n) is 23.9. The van der Waals surface area contributed by atoms with Crippen molar-refractivity contribution in [2.24, 2.45) is 0 Å². The molecule has 1 heterocycles. The standard InChI is InChI=1S/C30H15F18NO/c31-23(32,25(36,37)26(38,39)27(40,41)28(42,43)29(44,45)30(46,47)48)22(50)20-17-11-5-7-13-19(17)49(21(20)15-8-2-1-3-9-15)14-16-10-4-6-12-18(16)24(33,34)35/h1-13H,14H2. The monoisotopic (exact) mass is 747 g/mol. The van der Waals surface area contributed by atoms with Gasteiger partial charge in [0.15, 0.2) is 0 Å². The molecule has 0 spiro atoms. The van der Waals surface area contributed by atoms with Gasteiger partial charge in [-0.2, -0.15) is 79.0 Å². The first-order valence-electron chi connectivity index (χ1n) is 13.3. The summed E-state index contributed by atoms with van der Waals surface area (Å²) in [5, 5.41) is -0.916. The number of carbonyl (C=O) groups is 1. The van der Waals surface area contributed by atoms with Gasteiger partial charge in [0.25, 0.3) is 0 Å². The van der Waals surface area contributed by atoms with Crippen molar-refractivity contribution in [1.82, 2.24) is 4.57 Å². The van der Waals surface area contributed by atoms with Crippen LogP contribution in [-0.2, 0) is 12.7 Å². The fourth-order valence-corrected chi connectivity index (χ4v) is 4.97. The van der Waals surface area contributed by atoms with E-state index in [0.29, 0.717) is 16.7 Å². The van der Waals surface area contributed by atoms with Gasteiger partial charge in [0, 0.05) is 17.4 Å². The molecule has 4 rings (SSSR count). The second-order valence-electron chi connectivity index (χ2n) is 10.6. The molecule has 0 amide bonds. The number of Topliss-reactive ketones (excluding diaryl/α,β-unsaturated/α-hetero) is 1. The predicted molar refractivity (Wildman–Crippen MR) is 138 cm³/mol. The molecule has 4 aromatic rings. The van der Waals surface area contributed by atoms with E-state index in [2.05, 4.69) is 0 Å². The Hall–Kier alpha value is -4.39. The lowest BCUT2D eigenvalue weighted by Gasteiger charge is -2.41. The summed E-state index contributed by atoms with van der Waals surface area (Å²) < 4.78 is 252. The fraction of sp³-hybridized carbons (Fsp3) is 0.300. The van der Waals surface area contributed by atoms with Crippen LogP contribution in [0.5, 0.6) is 0 Å². The van der Waals surface area contributed by atoms with E-state index >= 15 is 8.78 Å². The molecule has 0 N–H and O–H groups in total. The van der Waals surface area contributed by atoms with E-state index < -0.39 is 99.1 Å². The molecule has 272 valence electrons. The molecule has 0 unspecified atom stereocenters.